The zero-order valence-corrected chi connectivity index (χ0v) is 25.2. The lowest BCUT2D eigenvalue weighted by Gasteiger charge is -2.31. The molecule has 1 aromatic carbocycles. The summed E-state index contributed by atoms with van der Waals surface area (Å²) in [6.45, 7) is 4.56. The average Bonchev–Trinajstić information content (AvgIpc) is 3.39. The molecule has 9 nitrogen and oxygen atoms in total. The van der Waals surface area contributed by atoms with Gasteiger partial charge in [-0.2, -0.15) is 0 Å². The third-order valence-corrected chi connectivity index (χ3v) is 9.92. The van der Waals surface area contributed by atoms with Crippen LogP contribution in [0.4, 0.5) is 5.95 Å². The highest BCUT2D eigenvalue weighted by Crippen LogP contribution is 2.45. The van der Waals surface area contributed by atoms with Crippen molar-refractivity contribution in [1.82, 2.24) is 15.0 Å². The molecular formula is C30H37N5O4S2. The molecule has 41 heavy (non-hydrogen) atoms. The zero-order valence-electron chi connectivity index (χ0n) is 23.5. The number of aliphatic imine (C=N–C) groups is 1. The number of nitrogens with zero attached hydrogens (tertiary/aromatic N) is 5. The largest absolute Gasteiger partial charge is 0.469 e. The van der Waals surface area contributed by atoms with Crippen LogP contribution in [-0.4, -0.2) is 61.8 Å². The molecule has 0 amide bonds. The summed E-state index contributed by atoms with van der Waals surface area (Å²) in [6.07, 6.45) is 13.1. The van der Waals surface area contributed by atoms with Crippen LogP contribution in [-0.2, 0) is 22.4 Å². The van der Waals surface area contributed by atoms with Gasteiger partial charge in [0.2, 0.25) is 5.95 Å². The monoisotopic (exact) mass is 595 g/mol. The maximum atomic E-state index is 11.3. The van der Waals surface area contributed by atoms with Crippen molar-refractivity contribution >= 4 is 54.7 Å². The fourth-order valence-electron chi connectivity index (χ4n) is 5.17. The highest BCUT2D eigenvalue weighted by atomic mass is 32.3. The molecule has 0 saturated carbocycles. The highest BCUT2D eigenvalue weighted by Gasteiger charge is 2.23. The van der Waals surface area contributed by atoms with Crippen molar-refractivity contribution in [1.29, 1.82) is 0 Å². The lowest BCUT2D eigenvalue weighted by molar-refractivity contribution is -0.139. The number of benzene rings is 1. The number of rotatable bonds is 9. The summed E-state index contributed by atoms with van der Waals surface area (Å²) in [5.41, 5.74) is 4.23. The molecule has 0 unspecified atom stereocenters. The quantitative estimate of drug-likeness (QED) is 0.269. The van der Waals surface area contributed by atoms with Crippen LogP contribution in [0.25, 0.3) is 15.8 Å². The molecule has 0 bridgehead atoms. The summed E-state index contributed by atoms with van der Waals surface area (Å²) in [4.78, 5) is 32.1. The van der Waals surface area contributed by atoms with E-state index in [1.54, 1.807) is 17.4 Å². The Labute approximate surface area is 246 Å². The van der Waals surface area contributed by atoms with Gasteiger partial charge in [-0.05, 0) is 66.5 Å². The van der Waals surface area contributed by atoms with E-state index in [4.69, 9.17) is 4.98 Å². The molecule has 0 spiro atoms. The number of anilines is 1. The number of hydrogen-bond acceptors (Lipinski definition) is 10. The van der Waals surface area contributed by atoms with Crippen LogP contribution in [0.15, 0.2) is 53.1 Å². The minimum Gasteiger partial charge on any atom is -0.469 e. The van der Waals surface area contributed by atoms with Gasteiger partial charge in [0.15, 0.2) is 0 Å². The first kappa shape index (κ1) is 29.4. The number of piperidine rings is 1. The van der Waals surface area contributed by atoms with Crippen molar-refractivity contribution in [3.05, 3.63) is 64.3 Å². The van der Waals surface area contributed by atoms with E-state index >= 15 is 0 Å². The molecule has 0 atom stereocenters. The minimum absolute atomic E-state index is 0.0267. The Kier molecular flexibility index (Phi) is 9.49. The van der Waals surface area contributed by atoms with Crippen molar-refractivity contribution in [3.63, 3.8) is 0 Å². The van der Waals surface area contributed by atoms with E-state index in [0.717, 1.165) is 77.5 Å². The van der Waals surface area contributed by atoms with E-state index < -0.39 is 16.6 Å². The number of ether oxygens (including phenoxy) is 1. The van der Waals surface area contributed by atoms with Crippen LogP contribution in [0.1, 0.15) is 55.2 Å². The first-order valence-corrected chi connectivity index (χ1v) is 16.5. The zero-order chi connectivity index (χ0) is 28.8. The summed E-state index contributed by atoms with van der Waals surface area (Å²) < 4.78 is 27.0. The van der Waals surface area contributed by atoms with Gasteiger partial charge >= 0.3 is 5.97 Å². The Morgan fingerprint density at radius 3 is 2.73 bits per heavy atom. The number of hydrogen-bond donors (Lipinski definition) is 2. The summed E-state index contributed by atoms with van der Waals surface area (Å²) >= 11 is 1.74. The van der Waals surface area contributed by atoms with E-state index in [9.17, 15) is 13.9 Å². The van der Waals surface area contributed by atoms with Gasteiger partial charge in [-0.1, -0.05) is 25.5 Å². The second kappa shape index (κ2) is 13.2. The topological polar surface area (TPSA) is 121 Å². The molecule has 2 aliphatic heterocycles. The molecule has 5 rings (SSSR count). The molecule has 2 aromatic heterocycles. The van der Waals surface area contributed by atoms with E-state index in [0.29, 0.717) is 18.9 Å². The molecule has 0 radical (unpaired) electrons. The molecule has 1 fully saturated rings. The van der Waals surface area contributed by atoms with E-state index in [1.165, 1.54) is 24.2 Å². The molecule has 4 heterocycles. The smallest absolute Gasteiger partial charge is 0.309 e. The Morgan fingerprint density at radius 2 is 2.00 bits per heavy atom. The van der Waals surface area contributed by atoms with E-state index in [2.05, 4.69) is 37.6 Å². The van der Waals surface area contributed by atoms with Crippen LogP contribution in [0.3, 0.4) is 0 Å². The third-order valence-electron chi connectivity index (χ3n) is 7.45. The minimum atomic E-state index is -3.24. The van der Waals surface area contributed by atoms with Crippen LogP contribution < -0.4 is 4.90 Å². The predicted octanol–water partition coefficient (Wildman–Crippen LogP) is 6.51. The Balaban J connectivity index is 1.21. The van der Waals surface area contributed by atoms with Crippen molar-refractivity contribution < 1.29 is 18.6 Å². The van der Waals surface area contributed by atoms with Crippen molar-refractivity contribution in [2.45, 2.75) is 51.9 Å². The Hall–Kier alpha value is -3.12. The number of thiazole rings is 1. The fraction of sp³-hybridized carbons (Fsp3) is 0.433. The number of carbonyl (C=O) groups excluding carboxylic acids is 1. The molecule has 2 N–H and O–H groups in total. The molecule has 2 aliphatic rings. The number of methoxy groups -OCH3 is 1. The van der Waals surface area contributed by atoms with Gasteiger partial charge in [0, 0.05) is 43.9 Å². The van der Waals surface area contributed by atoms with Crippen LogP contribution in [0.2, 0.25) is 0 Å². The van der Waals surface area contributed by atoms with Gasteiger partial charge in [0.25, 0.3) is 0 Å². The maximum absolute atomic E-state index is 11.3. The number of carbonyl (C=O) groups is 1. The lowest BCUT2D eigenvalue weighted by Crippen LogP contribution is -2.35. The number of aromatic nitrogens is 3. The lowest BCUT2D eigenvalue weighted by atomic mass is 9.94. The van der Waals surface area contributed by atoms with Crippen LogP contribution in [0, 0.1) is 5.92 Å². The van der Waals surface area contributed by atoms with Crippen LogP contribution >= 0.6 is 21.9 Å². The van der Waals surface area contributed by atoms with Crippen molar-refractivity contribution in [2.75, 3.05) is 31.6 Å². The highest BCUT2D eigenvalue weighted by molar-refractivity contribution is 8.39. The standard InChI is InChI=1S/C30H37N5O4S2/c1-3-5-22-19-32-30(33-20-22)35-13-10-21(11-14-35)16-27-34-25-8-7-23(17-26(25)40-27)24-9-12-31-28(18-24)41(37,38)15-4-6-29(36)39-2/h4,7-8,15,17-21,37-38H,3,5-6,9-14,16H2,1-2H3. The van der Waals surface area contributed by atoms with Gasteiger partial charge in [0.05, 0.1) is 28.8 Å². The SMILES string of the molecule is CCCc1cnc(N2CCC(Cc3nc4ccc(C5=CC(S(O)(O)C=CCC(=O)OC)=NCC5)cc4s3)CC2)nc1. The van der Waals surface area contributed by atoms with Crippen LogP contribution in [0.5, 0.6) is 0 Å². The Morgan fingerprint density at radius 1 is 1.22 bits per heavy atom. The Bertz CT molecular complexity index is 1460. The predicted molar refractivity (Wildman–Crippen MR) is 168 cm³/mol. The first-order chi connectivity index (χ1) is 19.8. The van der Waals surface area contributed by atoms with Gasteiger partial charge in [-0.25, -0.2) is 15.0 Å². The molecular weight excluding hydrogens is 558 g/mol. The van der Waals surface area contributed by atoms with Gasteiger partial charge in [-0.15, -0.1) is 21.9 Å². The molecule has 3 aromatic rings. The van der Waals surface area contributed by atoms with Gasteiger partial charge < -0.3 is 9.64 Å². The number of aryl methyl sites for hydroxylation is 1. The molecule has 11 heteroatoms. The van der Waals surface area contributed by atoms with E-state index in [1.807, 2.05) is 24.5 Å². The summed E-state index contributed by atoms with van der Waals surface area (Å²) in [6, 6.07) is 6.24. The average molecular weight is 596 g/mol. The summed E-state index contributed by atoms with van der Waals surface area (Å²) in [7, 11) is -1.95. The number of dihydropyridines is 1. The second-order valence-electron chi connectivity index (χ2n) is 10.5. The van der Waals surface area contributed by atoms with Crippen molar-refractivity contribution in [2.24, 2.45) is 10.9 Å². The number of fused-ring (bicyclic) bond motifs is 1. The summed E-state index contributed by atoms with van der Waals surface area (Å²) in [5.74, 6) is 0.978. The third kappa shape index (κ3) is 7.40. The van der Waals surface area contributed by atoms with Gasteiger partial charge in [-0.3, -0.25) is 18.9 Å². The normalized spacial score (nSPS) is 17.1. The maximum Gasteiger partial charge on any atom is 0.309 e. The fourth-order valence-corrected chi connectivity index (χ4v) is 7.39. The van der Waals surface area contributed by atoms with Gasteiger partial charge in [0.1, 0.15) is 5.04 Å². The van der Waals surface area contributed by atoms with Crippen molar-refractivity contribution in [3.8, 4) is 0 Å². The molecule has 218 valence electrons. The number of esters is 1. The summed E-state index contributed by atoms with van der Waals surface area (Å²) in [5, 5.41) is 2.64. The molecule has 0 aliphatic carbocycles. The second-order valence-corrected chi connectivity index (χ2v) is 13.4. The van der Waals surface area contributed by atoms with E-state index in [-0.39, 0.29) is 11.5 Å². The first-order valence-electron chi connectivity index (χ1n) is 14.1. The molecule has 1 saturated heterocycles.